The van der Waals surface area contributed by atoms with E-state index in [2.05, 4.69) is 11.9 Å². The molecule has 6 nitrogen and oxygen atoms in total. The van der Waals surface area contributed by atoms with E-state index < -0.39 is 16.6 Å². The van der Waals surface area contributed by atoms with Gasteiger partial charge in [0.05, 0.1) is 10.5 Å². The van der Waals surface area contributed by atoms with Gasteiger partial charge in [0, 0.05) is 18.7 Å². The summed E-state index contributed by atoms with van der Waals surface area (Å²) in [5.41, 5.74) is 6.30. The monoisotopic (exact) mass is 293 g/mol. The van der Waals surface area contributed by atoms with Gasteiger partial charge in [0.25, 0.3) is 5.69 Å². The summed E-state index contributed by atoms with van der Waals surface area (Å²) in [6.45, 7) is 7.59. The molecule has 0 radical (unpaired) electrons. The van der Waals surface area contributed by atoms with Gasteiger partial charge in [-0.25, -0.2) is 0 Å². The molecule has 2 atom stereocenters. The van der Waals surface area contributed by atoms with Crippen molar-refractivity contribution in [1.29, 1.82) is 0 Å². The predicted octanol–water partition coefficient (Wildman–Crippen LogP) is 2.36. The quantitative estimate of drug-likeness (QED) is 0.295. The average molecular weight is 293 g/mol. The molecule has 0 saturated carbocycles. The Balaban J connectivity index is 2.55. The minimum atomic E-state index is -1.10. The second-order valence-electron chi connectivity index (χ2n) is 5.38. The van der Waals surface area contributed by atoms with Crippen LogP contribution in [-0.4, -0.2) is 28.2 Å². The molecule has 0 amide bonds. The number of nitro groups is 1. The lowest BCUT2D eigenvalue weighted by Gasteiger charge is -2.26. The van der Waals surface area contributed by atoms with E-state index in [1.165, 1.54) is 12.1 Å². The summed E-state index contributed by atoms with van der Waals surface area (Å²) >= 11 is 0. The van der Waals surface area contributed by atoms with Gasteiger partial charge in [0.1, 0.15) is 5.69 Å². The zero-order valence-corrected chi connectivity index (χ0v) is 12.5. The first-order valence-electron chi connectivity index (χ1n) is 6.88. The molecule has 4 N–H and O–H groups in total. The lowest BCUT2D eigenvalue weighted by Crippen LogP contribution is -2.43. The molecule has 0 aliphatic carbocycles. The Morgan fingerprint density at radius 2 is 2.29 bits per heavy atom. The van der Waals surface area contributed by atoms with Crippen LogP contribution in [0, 0.1) is 17.0 Å². The van der Waals surface area contributed by atoms with Crippen molar-refractivity contribution in [2.45, 2.75) is 38.3 Å². The fraction of sp³-hybridized carbons (Fsp3) is 0.467. The number of nitrogens with zero attached hydrogens (tertiary/aromatic N) is 1. The third-order valence-corrected chi connectivity index (χ3v) is 3.52. The summed E-state index contributed by atoms with van der Waals surface area (Å²) in [5, 5.41) is 23.9. The highest BCUT2D eigenvalue weighted by molar-refractivity contribution is 5.62. The van der Waals surface area contributed by atoms with E-state index in [1.54, 1.807) is 19.1 Å². The first kappa shape index (κ1) is 17.1. The summed E-state index contributed by atoms with van der Waals surface area (Å²) in [4.78, 5) is 10.5. The number of benzene rings is 1. The fourth-order valence-electron chi connectivity index (χ4n) is 1.94. The fourth-order valence-corrected chi connectivity index (χ4v) is 1.94. The first-order valence-corrected chi connectivity index (χ1v) is 6.88. The molecular formula is C15H23N3O3. The molecule has 2 unspecified atom stereocenters. The largest absolute Gasteiger partial charge is 0.384 e. The number of aliphatic hydroxyl groups is 1. The Hall–Kier alpha value is -1.92. The van der Waals surface area contributed by atoms with Crippen LogP contribution in [0.25, 0.3) is 0 Å². The van der Waals surface area contributed by atoms with Crippen LogP contribution in [0.2, 0.25) is 0 Å². The summed E-state index contributed by atoms with van der Waals surface area (Å²) in [5.74, 6) is 0. The number of rotatable bonds is 8. The number of anilines is 1. The average Bonchev–Trinajstić information content (AvgIpc) is 2.42. The Morgan fingerprint density at radius 1 is 1.62 bits per heavy atom. The van der Waals surface area contributed by atoms with Crippen molar-refractivity contribution in [2.75, 3.05) is 11.9 Å². The molecule has 0 fully saturated rings. The molecule has 6 heteroatoms. The smallest absolute Gasteiger partial charge is 0.292 e. The highest BCUT2D eigenvalue weighted by Gasteiger charge is 2.24. The molecular weight excluding hydrogens is 270 g/mol. The SMILES string of the molecule is C=CC(C)(O)C(N)CCCNc1cc(C)ccc1[N+](=O)[O-]. The maximum Gasteiger partial charge on any atom is 0.292 e. The van der Waals surface area contributed by atoms with Crippen molar-refractivity contribution in [2.24, 2.45) is 5.73 Å². The van der Waals surface area contributed by atoms with E-state index >= 15 is 0 Å². The van der Waals surface area contributed by atoms with E-state index in [1.807, 2.05) is 6.92 Å². The number of nitrogens with two attached hydrogens (primary N) is 1. The highest BCUT2D eigenvalue weighted by atomic mass is 16.6. The van der Waals surface area contributed by atoms with Crippen molar-refractivity contribution in [3.63, 3.8) is 0 Å². The lowest BCUT2D eigenvalue weighted by molar-refractivity contribution is -0.384. The first-order chi connectivity index (χ1) is 9.77. The van der Waals surface area contributed by atoms with Crippen LogP contribution < -0.4 is 11.1 Å². The second-order valence-corrected chi connectivity index (χ2v) is 5.38. The molecule has 0 heterocycles. The van der Waals surface area contributed by atoms with Crippen LogP contribution in [-0.2, 0) is 0 Å². The number of nitrogens with one attached hydrogen (secondary N) is 1. The zero-order chi connectivity index (χ0) is 16.0. The van der Waals surface area contributed by atoms with Gasteiger partial charge in [-0.05, 0) is 38.3 Å². The van der Waals surface area contributed by atoms with Gasteiger partial charge in [-0.1, -0.05) is 12.1 Å². The van der Waals surface area contributed by atoms with Gasteiger partial charge in [-0.15, -0.1) is 6.58 Å². The highest BCUT2D eigenvalue weighted by Crippen LogP contribution is 2.25. The molecule has 116 valence electrons. The molecule has 1 aromatic carbocycles. The molecule has 21 heavy (non-hydrogen) atoms. The van der Waals surface area contributed by atoms with Gasteiger partial charge in [-0.2, -0.15) is 0 Å². The zero-order valence-electron chi connectivity index (χ0n) is 12.5. The number of hydrogen-bond acceptors (Lipinski definition) is 5. The summed E-state index contributed by atoms with van der Waals surface area (Å²) in [7, 11) is 0. The topological polar surface area (TPSA) is 101 Å². The van der Waals surface area contributed by atoms with Crippen molar-refractivity contribution in [1.82, 2.24) is 0 Å². The van der Waals surface area contributed by atoms with Crippen LogP contribution in [0.15, 0.2) is 30.9 Å². The van der Waals surface area contributed by atoms with E-state index in [0.29, 0.717) is 25.1 Å². The van der Waals surface area contributed by atoms with E-state index in [-0.39, 0.29) is 5.69 Å². The number of hydrogen-bond donors (Lipinski definition) is 3. The molecule has 0 aliphatic heterocycles. The Bertz CT molecular complexity index is 515. The van der Waals surface area contributed by atoms with Gasteiger partial charge in [0.2, 0.25) is 0 Å². The Labute approximate surface area is 124 Å². The minimum Gasteiger partial charge on any atom is -0.384 e. The van der Waals surface area contributed by atoms with Crippen LogP contribution >= 0.6 is 0 Å². The molecule has 1 aromatic rings. The van der Waals surface area contributed by atoms with E-state index in [0.717, 1.165) is 5.56 Å². The molecule has 0 spiro atoms. The Morgan fingerprint density at radius 3 is 2.86 bits per heavy atom. The molecule has 1 rings (SSSR count). The van der Waals surface area contributed by atoms with Crippen LogP contribution in [0.4, 0.5) is 11.4 Å². The van der Waals surface area contributed by atoms with Crippen LogP contribution in [0.1, 0.15) is 25.3 Å². The third kappa shape index (κ3) is 4.84. The summed E-state index contributed by atoms with van der Waals surface area (Å²) in [6.07, 6.45) is 2.71. The van der Waals surface area contributed by atoms with Crippen molar-refractivity contribution >= 4 is 11.4 Å². The Kier molecular flexibility index (Phi) is 5.87. The second kappa shape index (κ2) is 7.19. The minimum absolute atomic E-state index is 0.0583. The number of nitro benzene ring substituents is 1. The van der Waals surface area contributed by atoms with E-state index in [9.17, 15) is 15.2 Å². The normalized spacial score (nSPS) is 15.0. The van der Waals surface area contributed by atoms with Gasteiger partial charge in [0.15, 0.2) is 0 Å². The molecule has 0 aliphatic rings. The number of aryl methyl sites for hydroxylation is 1. The molecule has 0 aromatic heterocycles. The standard InChI is InChI=1S/C15H23N3O3/c1-4-15(3,19)14(16)6-5-9-17-12-10-11(2)7-8-13(12)18(20)21/h4,7-8,10,14,17,19H,1,5-6,9,16H2,2-3H3. The van der Waals surface area contributed by atoms with E-state index in [4.69, 9.17) is 5.73 Å². The van der Waals surface area contributed by atoms with Crippen molar-refractivity contribution in [3.8, 4) is 0 Å². The lowest BCUT2D eigenvalue weighted by atomic mass is 9.93. The maximum absolute atomic E-state index is 10.9. The molecule has 0 bridgehead atoms. The van der Waals surface area contributed by atoms with Crippen molar-refractivity contribution in [3.05, 3.63) is 46.5 Å². The summed E-state index contributed by atoms with van der Waals surface area (Å²) in [6, 6.07) is 4.54. The van der Waals surface area contributed by atoms with Crippen molar-refractivity contribution < 1.29 is 10.0 Å². The maximum atomic E-state index is 10.9. The molecule has 0 saturated heterocycles. The third-order valence-electron chi connectivity index (χ3n) is 3.52. The van der Waals surface area contributed by atoms with Gasteiger partial charge in [-0.3, -0.25) is 10.1 Å². The van der Waals surface area contributed by atoms with Crippen LogP contribution in [0.3, 0.4) is 0 Å². The van der Waals surface area contributed by atoms with Gasteiger partial charge >= 0.3 is 0 Å². The van der Waals surface area contributed by atoms with Gasteiger partial charge < -0.3 is 16.2 Å². The van der Waals surface area contributed by atoms with Crippen LogP contribution in [0.5, 0.6) is 0 Å². The predicted molar refractivity (Wildman–Crippen MR) is 84.4 cm³/mol. The summed E-state index contributed by atoms with van der Waals surface area (Å²) < 4.78 is 0.